The van der Waals surface area contributed by atoms with Gasteiger partial charge in [-0.25, -0.2) is 0 Å². The van der Waals surface area contributed by atoms with Crippen LogP contribution in [0.15, 0.2) is 12.1 Å². The molecule has 0 aliphatic rings. The number of halogens is 3. The molecule has 1 N–H and O–H groups in total. The molecule has 0 aliphatic carbocycles. The fourth-order valence-electron chi connectivity index (χ4n) is 1.50. The quantitative estimate of drug-likeness (QED) is 0.789. The fourth-order valence-corrected chi connectivity index (χ4v) is 1.50. The number of amides is 1. The first-order valence-electron chi connectivity index (χ1n) is 4.68. The van der Waals surface area contributed by atoms with Gasteiger partial charge in [0.05, 0.1) is 5.56 Å². The molecule has 0 saturated carbocycles. The number of carbonyl (C=O) groups is 1. The van der Waals surface area contributed by atoms with Gasteiger partial charge < -0.3 is 5.32 Å². The van der Waals surface area contributed by atoms with Crippen molar-refractivity contribution in [1.29, 1.82) is 0 Å². The van der Waals surface area contributed by atoms with Crippen molar-refractivity contribution in [3.05, 3.63) is 28.8 Å². The Morgan fingerprint density at radius 2 is 1.62 bits per heavy atom. The zero-order valence-electron chi connectivity index (χ0n) is 9.20. The van der Waals surface area contributed by atoms with Crippen LogP contribution in [0.1, 0.15) is 23.6 Å². The van der Waals surface area contributed by atoms with Crippen molar-refractivity contribution in [2.45, 2.75) is 26.9 Å². The molecule has 0 spiro atoms. The highest BCUT2D eigenvalue weighted by molar-refractivity contribution is 5.90. The predicted octanol–water partition coefficient (Wildman–Crippen LogP) is 3.28. The van der Waals surface area contributed by atoms with Crippen LogP contribution in [0, 0.1) is 13.8 Å². The topological polar surface area (TPSA) is 29.1 Å². The van der Waals surface area contributed by atoms with Crippen molar-refractivity contribution in [2.75, 3.05) is 5.32 Å². The molecule has 0 atom stereocenters. The van der Waals surface area contributed by atoms with Gasteiger partial charge in [0.25, 0.3) is 0 Å². The Kier molecular flexibility index (Phi) is 3.26. The van der Waals surface area contributed by atoms with Crippen molar-refractivity contribution < 1.29 is 18.0 Å². The number of aryl methyl sites for hydroxylation is 2. The minimum absolute atomic E-state index is 0.300. The molecular weight excluding hydrogens is 219 g/mol. The Hall–Kier alpha value is -1.52. The normalized spacial score (nSPS) is 11.4. The van der Waals surface area contributed by atoms with E-state index < -0.39 is 11.7 Å². The van der Waals surface area contributed by atoms with Crippen LogP contribution in [0.3, 0.4) is 0 Å². The van der Waals surface area contributed by atoms with E-state index in [2.05, 4.69) is 5.32 Å². The standard InChI is InChI=1S/C11H12F3NO/c1-6-4-9(11(12,13)14)5-7(2)10(6)15-8(3)16/h4-5H,1-3H3,(H,15,16). The summed E-state index contributed by atoms with van der Waals surface area (Å²) < 4.78 is 37.4. The third-order valence-electron chi connectivity index (χ3n) is 2.16. The first-order valence-corrected chi connectivity index (χ1v) is 4.68. The van der Waals surface area contributed by atoms with Gasteiger partial charge in [-0.1, -0.05) is 0 Å². The fraction of sp³-hybridized carbons (Fsp3) is 0.364. The second kappa shape index (κ2) is 4.15. The van der Waals surface area contributed by atoms with Crippen LogP contribution in [0.25, 0.3) is 0 Å². The Morgan fingerprint density at radius 3 is 1.94 bits per heavy atom. The molecule has 0 unspecified atom stereocenters. The first-order chi connectivity index (χ1) is 7.21. The molecular formula is C11H12F3NO. The van der Waals surface area contributed by atoms with Gasteiger partial charge in [0.2, 0.25) is 5.91 Å². The summed E-state index contributed by atoms with van der Waals surface area (Å²) in [6, 6.07) is 2.05. The van der Waals surface area contributed by atoms with Crippen molar-refractivity contribution in [3.63, 3.8) is 0 Å². The number of hydrogen-bond acceptors (Lipinski definition) is 1. The van der Waals surface area contributed by atoms with Crippen LogP contribution >= 0.6 is 0 Å². The number of alkyl halides is 3. The van der Waals surface area contributed by atoms with E-state index in [1.54, 1.807) is 0 Å². The predicted molar refractivity (Wildman–Crippen MR) is 55.2 cm³/mol. The minimum atomic E-state index is -4.36. The summed E-state index contributed by atoms with van der Waals surface area (Å²) in [5.41, 5.74) is 0.558. The van der Waals surface area contributed by atoms with Crippen molar-refractivity contribution in [3.8, 4) is 0 Å². The molecule has 0 heterocycles. The van der Waals surface area contributed by atoms with E-state index in [9.17, 15) is 18.0 Å². The maximum Gasteiger partial charge on any atom is 0.416 e. The molecule has 88 valence electrons. The van der Waals surface area contributed by atoms with Crippen molar-refractivity contribution in [2.24, 2.45) is 0 Å². The molecule has 1 aromatic carbocycles. The van der Waals surface area contributed by atoms with Gasteiger partial charge in [-0.15, -0.1) is 0 Å². The van der Waals surface area contributed by atoms with E-state index in [0.29, 0.717) is 16.8 Å². The van der Waals surface area contributed by atoms with Gasteiger partial charge in [0.15, 0.2) is 0 Å². The van der Waals surface area contributed by atoms with Crippen LogP contribution in [0.4, 0.5) is 18.9 Å². The lowest BCUT2D eigenvalue weighted by molar-refractivity contribution is -0.137. The lowest BCUT2D eigenvalue weighted by Gasteiger charge is -2.14. The second-order valence-corrected chi connectivity index (χ2v) is 3.66. The van der Waals surface area contributed by atoms with E-state index in [4.69, 9.17) is 0 Å². The SMILES string of the molecule is CC(=O)Nc1c(C)cc(C(F)(F)F)cc1C. The van der Waals surface area contributed by atoms with E-state index in [1.807, 2.05) is 0 Å². The number of nitrogens with one attached hydrogen (secondary N) is 1. The molecule has 5 heteroatoms. The molecule has 0 aromatic heterocycles. The Balaban J connectivity index is 3.23. The average Bonchev–Trinajstić information content (AvgIpc) is 2.09. The maximum atomic E-state index is 12.5. The zero-order valence-corrected chi connectivity index (χ0v) is 9.20. The summed E-state index contributed by atoms with van der Waals surface area (Å²) in [5, 5.41) is 2.51. The van der Waals surface area contributed by atoms with Crippen LogP contribution in [0.2, 0.25) is 0 Å². The number of anilines is 1. The summed E-state index contributed by atoms with van der Waals surface area (Å²) >= 11 is 0. The molecule has 0 aliphatic heterocycles. The summed E-state index contributed by atoms with van der Waals surface area (Å²) in [6.45, 7) is 4.39. The van der Waals surface area contributed by atoms with Gasteiger partial charge in [-0.3, -0.25) is 4.79 Å². The Morgan fingerprint density at radius 1 is 1.19 bits per heavy atom. The van der Waals surface area contributed by atoms with Crippen LogP contribution in [0.5, 0.6) is 0 Å². The Labute approximate surface area is 91.5 Å². The lowest BCUT2D eigenvalue weighted by atomic mass is 10.0. The van der Waals surface area contributed by atoms with E-state index >= 15 is 0 Å². The number of rotatable bonds is 1. The summed E-state index contributed by atoms with van der Waals surface area (Å²) in [7, 11) is 0. The van der Waals surface area contributed by atoms with E-state index in [-0.39, 0.29) is 5.91 Å². The lowest BCUT2D eigenvalue weighted by Crippen LogP contribution is -2.11. The summed E-state index contributed by atoms with van der Waals surface area (Å²) in [4.78, 5) is 10.9. The van der Waals surface area contributed by atoms with Crippen LogP contribution < -0.4 is 5.32 Å². The maximum absolute atomic E-state index is 12.5. The molecule has 1 aromatic rings. The summed E-state index contributed by atoms with van der Waals surface area (Å²) in [5.74, 6) is -0.300. The molecule has 1 rings (SSSR count). The van der Waals surface area contributed by atoms with Gasteiger partial charge in [0, 0.05) is 12.6 Å². The van der Waals surface area contributed by atoms with Crippen molar-refractivity contribution in [1.82, 2.24) is 0 Å². The number of hydrogen-bond donors (Lipinski definition) is 1. The molecule has 0 bridgehead atoms. The van der Waals surface area contributed by atoms with E-state index in [1.165, 1.54) is 20.8 Å². The van der Waals surface area contributed by atoms with Crippen LogP contribution in [-0.2, 0) is 11.0 Å². The monoisotopic (exact) mass is 231 g/mol. The smallest absolute Gasteiger partial charge is 0.326 e. The van der Waals surface area contributed by atoms with Gasteiger partial charge in [-0.05, 0) is 37.1 Å². The first kappa shape index (κ1) is 12.5. The molecule has 2 nitrogen and oxygen atoms in total. The van der Waals surface area contributed by atoms with Gasteiger partial charge >= 0.3 is 6.18 Å². The number of benzene rings is 1. The molecule has 0 fully saturated rings. The average molecular weight is 231 g/mol. The van der Waals surface area contributed by atoms with Crippen LogP contribution in [-0.4, -0.2) is 5.91 Å². The van der Waals surface area contributed by atoms with E-state index in [0.717, 1.165) is 12.1 Å². The molecule has 1 amide bonds. The Bertz CT molecular complexity index is 401. The van der Waals surface area contributed by atoms with Gasteiger partial charge in [-0.2, -0.15) is 13.2 Å². The third kappa shape index (κ3) is 2.74. The van der Waals surface area contributed by atoms with Crippen molar-refractivity contribution >= 4 is 11.6 Å². The highest BCUT2D eigenvalue weighted by Gasteiger charge is 2.31. The highest BCUT2D eigenvalue weighted by atomic mass is 19.4. The largest absolute Gasteiger partial charge is 0.416 e. The zero-order chi connectivity index (χ0) is 12.5. The number of carbonyl (C=O) groups excluding carboxylic acids is 1. The minimum Gasteiger partial charge on any atom is -0.326 e. The second-order valence-electron chi connectivity index (χ2n) is 3.66. The highest BCUT2D eigenvalue weighted by Crippen LogP contribution is 2.33. The third-order valence-corrected chi connectivity index (χ3v) is 2.16. The van der Waals surface area contributed by atoms with Gasteiger partial charge in [0.1, 0.15) is 0 Å². The molecule has 0 saturated heterocycles. The molecule has 16 heavy (non-hydrogen) atoms. The summed E-state index contributed by atoms with van der Waals surface area (Å²) in [6.07, 6.45) is -4.36. The molecule has 0 radical (unpaired) electrons.